The van der Waals surface area contributed by atoms with Gasteiger partial charge in [0.2, 0.25) is 10.0 Å². The molecule has 0 amide bonds. The fourth-order valence-electron chi connectivity index (χ4n) is 2.81. The van der Waals surface area contributed by atoms with Crippen molar-refractivity contribution in [2.45, 2.75) is 24.9 Å². The van der Waals surface area contributed by atoms with Gasteiger partial charge in [-0.15, -0.1) is 22.7 Å². The van der Waals surface area contributed by atoms with Gasteiger partial charge in [0, 0.05) is 22.8 Å². The lowest BCUT2D eigenvalue weighted by Gasteiger charge is -2.20. The Labute approximate surface area is 172 Å². The van der Waals surface area contributed by atoms with E-state index in [2.05, 4.69) is 5.10 Å². The van der Waals surface area contributed by atoms with Crippen LogP contribution in [-0.2, 0) is 23.1 Å². The largest absolute Gasteiger partial charge is 0.246 e. The highest BCUT2D eigenvalue weighted by Crippen LogP contribution is 2.24. The number of aromatic nitrogens is 2. The van der Waals surface area contributed by atoms with Crippen molar-refractivity contribution in [2.24, 2.45) is 0 Å². The molecule has 5 nitrogen and oxygen atoms in total. The van der Waals surface area contributed by atoms with E-state index < -0.39 is 10.0 Å². The fourth-order valence-corrected chi connectivity index (χ4v) is 5.74. The van der Waals surface area contributed by atoms with Gasteiger partial charge in [-0.25, -0.2) is 13.1 Å². The van der Waals surface area contributed by atoms with E-state index in [1.807, 2.05) is 66.2 Å². The summed E-state index contributed by atoms with van der Waals surface area (Å²) in [5.74, 6) is 0. The summed E-state index contributed by atoms with van der Waals surface area (Å²) in [6.45, 7) is 2.69. The minimum atomic E-state index is -3.69. The Balaban J connectivity index is 1.65. The molecule has 0 aliphatic carbocycles. The highest BCUT2D eigenvalue weighted by Gasteiger charge is 2.27. The maximum atomic E-state index is 13.4. The number of nitrogens with zero attached hydrogens (tertiary/aromatic N) is 3. The number of aryl methyl sites for hydroxylation is 1. The number of thiophene rings is 2. The van der Waals surface area contributed by atoms with Crippen LogP contribution in [0.15, 0.2) is 76.6 Å². The Morgan fingerprint density at radius 2 is 1.57 bits per heavy atom. The van der Waals surface area contributed by atoms with Crippen LogP contribution in [0.4, 0.5) is 0 Å². The first-order valence-corrected chi connectivity index (χ1v) is 11.9. The number of hydrogen-bond donors (Lipinski definition) is 0. The lowest BCUT2D eigenvalue weighted by atomic mass is 10.2. The smallest absolute Gasteiger partial charge is 0.240 e. The van der Waals surface area contributed by atoms with Crippen molar-refractivity contribution >= 4 is 32.7 Å². The normalized spacial score (nSPS) is 11.9. The number of hydrogen-bond acceptors (Lipinski definition) is 5. The van der Waals surface area contributed by atoms with Gasteiger partial charge in [0.05, 0.1) is 18.1 Å². The van der Waals surface area contributed by atoms with Gasteiger partial charge in [-0.2, -0.15) is 9.40 Å². The predicted octanol–water partition coefficient (Wildman–Crippen LogP) is 4.69. The third kappa shape index (κ3) is 4.10. The number of benzene rings is 1. The van der Waals surface area contributed by atoms with Gasteiger partial charge >= 0.3 is 0 Å². The van der Waals surface area contributed by atoms with Crippen LogP contribution in [0.5, 0.6) is 0 Å². The molecule has 0 saturated heterocycles. The Kier molecular flexibility index (Phi) is 5.45. The van der Waals surface area contributed by atoms with Crippen LogP contribution in [0.3, 0.4) is 0 Å². The van der Waals surface area contributed by atoms with Gasteiger partial charge in [0.15, 0.2) is 0 Å². The summed E-state index contributed by atoms with van der Waals surface area (Å²) in [4.78, 5) is 2.21. The zero-order valence-corrected chi connectivity index (χ0v) is 17.7. The average molecular weight is 430 g/mol. The molecule has 0 aliphatic heterocycles. The van der Waals surface area contributed by atoms with E-state index in [-0.39, 0.29) is 4.90 Å². The lowest BCUT2D eigenvalue weighted by Crippen LogP contribution is -2.29. The quantitative estimate of drug-likeness (QED) is 0.428. The second kappa shape index (κ2) is 8.00. The Morgan fingerprint density at radius 1 is 0.964 bits per heavy atom. The maximum Gasteiger partial charge on any atom is 0.246 e. The molecule has 0 atom stereocenters. The van der Waals surface area contributed by atoms with E-state index in [0.29, 0.717) is 13.1 Å². The van der Waals surface area contributed by atoms with Gasteiger partial charge in [-0.05, 0) is 41.9 Å². The van der Waals surface area contributed by atoms with E-state index in [0.717, 1.165) is 21.0 Å². The summed E-state index contributed by atoms with van der Waals surface area (Å²) >= 11 is 3.11. The summed E-state index contributed by atoms with van der Waals surface area (Å²) < 4.78 is 29.8. The molecule has 0 bridgehead atoms. The third-order valence-electron chi connectivity index (χ3n) is 4.32. The van der Waals surface area contributed by atoms with Gasteiger partial charge in [-0.1, -0.05) is 29.8 Å². The summed E-state index contributed by atoms with van der Waals surface area (Å²) in [5.41, 5.74) is 1.97. The molecule has 0 unspecified atom stereocenters. The molecule has 3 aromatic heterocycles. The van der Waals surface area contributed by atoms with Crippen LogP contribution in [-0.4, -0.2) is 22.5 Å². The average Bonchev–Trinajstić information content (AvgIpc) is 3.44. The van der Waals surface area contributed by atoms with Crippen molar-refractivity contribution in [1.82, 2.24) is 14.1 Å². The molecular weight excluding hydrogens is 410 g/mol. The zero-order valence-electron chi connectivity index (χ0n) is 15.2. The second-order valence-corrected chi connectivity index (χ2v) is 10.4. The first kappa shape index (κ1) is 19.1. The van der Waals surface area contributed by atoms with Crippen LogP contribution in [0.2, 0.25) is 0 Å². The van der Waals surface area contributed by atoms with Crippen LogP contribution in [0, 0.1) is 6.92 Å². The van der Waals surface area contributed by atoms with E-state index >= 15 is 0 Å². The highest BCUT2D eigenvalue weighted by atomic mass is 32.2. The summed E-state index contributed by atoms with van der Waals surface area (Å²) in [6, 6.07) is 15.6. The molecule has 0 aliphatic rings. The molecule has 0 N–H and O–H groups in total. The summed E-state index contributed by atoms with van der Waals surface area (Å²) in [6.07, 6.45) is 3.00. The molecular formula is C20H19N3O2S3. The van der Waals surface area contributed by atoms with Gasteiger partial charge < -0.3 is 0 Å². The van der Waals surface area contributed by atoms with Gasteiger partial charge in [0.25, 0.3) is 0 Å². The molecule has 1 aromatic carbocycles. The summed E-state index contributed by atoms with van der Waals surface area (Å²) in [5, 5.41) is 8.19. The molecule has 4 rings (SSSR count). The number of sulfonamides is 1. The Bertz CT molecular complexity index is 1090. The minimum absolute atomic E-state index is 0.196. The third-order valence-corrected chi connectivity index (χ3v) is 7.79. The lowest BCUT2D eigenvalue weighted by molar-refractivity contribution is 0.407. The van der Waals surface area contributed by atoms with Crippen molar-refractivity contribution in [3.8, 4) is 5.69 Å². The van der Waals surface area contributed by atoms with E-state index in [1.54, 1.807) is 33.6 Å². The predicted molar refractivity (Wildman–Crippen MR) is 113 cm³/mol. The SMILES string of the molecule is Cc1ccc(-n2cc(S(=O)(=O)N(Cc3cccs3)Cc3cccs3)cn2)cc1. The first-order chi connectivity index (χ1) is 13.5. The molecule has 4 aromatic rings. The van der Waals surface area contributed by atoms with E-state index in [9.17, 15) is 8.42 Å². The fraction of sp³-hybridized carbons (Fsp3) is 0.150. The molecule has 0 fully saturated rings. The van der Waals surface area contributed by atoms with Gasteiger partial charge in [-0.3, -0.25) is 0 Å². The minimum Gasteiger partial charge on any atom is -0.240 e. The monoisotopic (exact) mass is 429 g/mol. The first-order valence-electron chi connectivity index (χ1n) is 8.69. The topological polar surface area (TPSA) is 55.2 Å². The van der Waals surface area contributed by atoms with E-state index in [1.165, 1.54) is 10.5 Å². The van der Waals surface area contributed by atoms with Crippen molar-refractivity contribution in [1.29, 1.82) is 0 Å². The summed E-state index contributed by atoms with van der Waals surface area (Å²) in [7, 11) is -3.69. The maximum absolute atomic E-state index is 13.4. The van der Waals surface area contributed by atoms with Crippen LogP contribution >= 0.6 is 22.7 Å². The molecule has 3 heterocycles. The molecule has 144 valence electrons. The molecule has 0 radical (unpaired) electrons. The van der Waals surface area contributed by atoms with Crippen LogP contribution < -0.4 is 0 Å². The van der Waals surface area contributed by atoms with Crippen molar-refractivity contribution < 1.29 is 8.42 Å². The Morgan fingerprint density at radius 3 is 2.11 bits per heavy atom. The molecule has 0 saturated carbocycles. The van der Waals surface area contributed by atoms with Crippen LogP contribution in [0.1, 0.15) is 15.3 Å². The van der Waals surface area contributed by atoms with Crippen molar-refractivity contribution in [3.05, 3.63) is 87.0 Å². The van der Waals surface area contributed by atoms with Crippen molar-refractivity contribution in [3.63, 3.8) is 0 Å². The van der Waals surface area contributed by atoms with E-state index in [4.69, 9.17) is 0 Å². The second-order valence-electron chi connectivity index (χ2n) is 6.39. The Hall–Kier alpha value is -2.26. The standard InChI is InChI=1S/C20H19N3O2S3/c1-16-6-8-17(9-7-16)23-15-20(12-21-23)28(24,25)22(13-18-4-2-10-26-18)14-19-5-3-11-27-19/h2-12,15H,13-14H2,1H3. The highest BCUT2D eigenvalue weighted by molar-refractivity contribution is 7.89. The zero-order chi connectivity index (χ0) is 19.6. The molecule has 0 spiro atoms. The van der Waals surface area contributed by atoms with Crippen LogP contribution in [0.25, 0.3) is 5.69 Å². The van der Waals surface area contributed by atoms with Gasteiger partial charge in [0.1, 0.15) is 4.90 Å². The molecule has 28 heavy (non-hydrogen) atoms. The molecule has 8 heteroatoms. The number of rotatable bonds is 7. The van der Waals surface area contributed by atoms with Crippen molar-refractivity contribution in [2.75, 3.05) is 0 Å².